The Kier molecular flexibility index (Phi) is 7.50. The first-order valence-corrected chi connectivity index (χ1v) is 11.3. The second-order valence-corrected chi connectivity index (χ2v) is 8.99. The van der Waals surface area contributed by atoms with Gasteiger partial charge in [0, 0.05) is 18.5 Å². The largest absolute Gasteiger partial charge is 0.382 e. The Morgan fingerprint density at radius 3 is 2.31 bits per heavy atom. The molecule has 0 aromatic heterocycles. The Bertz CT molecular complexity index is 678. The molecule has 0 saturated heterocycles. The fraction of sp³-hybridized carbons (Fsp3) is 0.650. The summed E-state index contributed by atoms with van der Waals surface area (Å²) >= 11 is 0. The molecular formula is C20H31NO4S. The summed E-state index contributed by atoms with van der Waals surface area (Å²) in [6, 6.07) is 7.17. The van der Waals surface area contributed by atoms with Crippen molar-refractivity contribution in [1.82, 2.24) is 4.90 Å². The van der Waals surface area contributed by atoms with Crippen LogP contribution in [0, 0.1) is 5.92 Å². The topological polar surface area (TPSA) is 63.7 Å². The molecule has 1 atom stereocenters. The Labute approximate surface area is 157 Å². The molecule has 6 heteroatoms. The summed E-state index contributed by atoms with van der Waals surface area (Å²) in [5, 5.41) is 0. The van der Waals surface area contributed by atoms with Crippen LogP contribution in [0.1, 0.15) is 64.9 Å². The molecular weight excluding hydrogens is 350 g/mol. The highest BCUT2D eigenvalue weighted by Gasteiger charge is 2.28. The zero-order valence-electron chi connectivity index (χ0n) is 16.1. The van der Waals surface area contributed by atoms with Crippen LogP contribution in [0.15, 0.2) is 24.3 Å². The third kappa shape index (κ3) is 5.73. The van der Waals surface area contributed by atoms with Gasteiger partial charge in [0.1, 0.15) is 5.75 Å². The van der Waals surface area contributed by atoms with Gasteiger partial charge in [-0.15, -0.1) is 0 Å². The highest BCUT2D eigenvalue weighted by molar-refractivity contribution is 7.87. The lowest BCUT2D eigenvalue weighted by Crippen LogP contribution is -2.42. The molecule has 0 unspecified atom stereocenters. The second kappa shape index (κ2) is 9.40. The SMILES string of the molecule is CC[C@@H](C)N(Cc1ccc(OS(=O)(=O)CC)cc1)C(=O)C1CCCCC1. The average Bonchev–Trinajstić information content (AvgIpc) is 2.66. The Hall–Kier alpha value is -1.56. The minimum atomic E-state index is -3.52. The third-order valence-electron chi connectivity index (χ3n) is 5.21. The molecule has 1 aliphatic carbocycles. The lowest BCUT2D eigenvalue weighted by Gasteiger charge is -2.33. The first-order chi connectivity index (χ1) is 12.4. The van der Waals surface area contributed by atoms with Gasteiger partial charge < -0.3 is 9.08 Å². The van der Waals surface area contributed by atoms with E-state index in [9.17, 15) is 13.2 Å². The number of amides is 1. The van der Waals surface area contributed by atoms with Gasteiger partial charge in [0.05, 0.1) is 5.75 Å². The number of hydrogen-bond acceptors (Lipinski definition) is 4. The zero-order valence-corrected chi connectivity index (χ0v) is 16.9. The fourth-order valence-corrected chi connectivity index (χ4v) is 3.83. The first-order valence-electron chi connectivity index (χ1n) is 9.67. The van der Waals surface area contributed by atoms with Crippen LogP contribution in [-0.4, -0.2) is 31.0 Å². The molecule has 2 rings (SSSR count). The van der Waals surface area contributed by atoms with Crippen molar-refractivity contribution < 1.29 is 17.4 Å². The van der Waals surface area contributed by atoms with Crippen molar-refractivity contribution in [1.29, 1.82) is 0 Å². The van der Waals surface area contributed by atoms with Crippen molar-refractivity contribution in [3.05, 3.63) is 29.8 Å². The molecule has 0 heterocycles. The van der Waals surface area contributed by atoms with Crippen molar-refractivity contribution >= 4 is 16.0 Å². The number of carbonyl (C=O) groups is 1. The molecule has 146 valence electrons. The van der Waals surface area contributed by atoms with Crippen LogP contribution < -0.4 is 4.18 Å². The van der Waals surface area contributed by atoms with Crippen LogP contribution in [0.25, 0.3) is 0 Å². The maximum absolute atomic E-state index is 13.0. The van der Waals surface area contributed by atoms with Gasteiger partial charge in [-0.25, -0.2) is 0 Å². The van der Waals surface area contributed by atoms with Gasteiger partial charge in [0.2, 0.25) is 5.91 Å². The molecule has 1 saturated carbocycles. The number of hydrogen-bond donors (Lipinski definition) is 0. The highest BCUT2D eigenvalue weighted by atomic mass is 32.2. The van der Waals surface area contributed by atoms with E-state index >= 15 is 0 Å². The Morgan fingerprint density at radius 2 is 1.77 bits per heavy atom. The van der Waals surface area contributed by atoms with Crippen LogP contribution >= 0.6 is 0 Å². The van der Waals surface area contributed by atoms with Gasteiger partial charge in [-0.3, -0.25) is 4.79 Å². The summed E-state index contributed by atoms with van der Waals surface area (Å²) in [5.41, 5.74) is 0.982. The van der Waals surface area contributed by atoms with Crippen LogP contribution in [-0.2, 0) is 21.5 Å². The molecule has 1 fully saturated rings. The molecule has 0 spiro atoms. The number of nitrogens with zero attached hydrogens (tertiary/aromatic N) is 1. The Morgan fingerprint density at radius 1 is 1.15 bits per heavy atom. The lowest BCUT2D eigenvalue weighted by molar-refractivity contribution is -0.139. The quantitative estimate of drug-likeness (QED) is 0.635. The first kappa shape index (κ1) is 20.7. The van der Waals surface area contributed by atoms with Crippen molar-refractivity contribution in [2.75, 3.05) is 5.75 Å². The van der Waals surface area contributed by atoms with Gasteiger partial charge in [-0.1, -0.05) is 38.3 Å². The Balaban J connectivity index is 2.09. The lowest BCUT2D eigenvalue weighted by atomic mass is 9.87. The molecule has 1 amide bonds. The fourth-order valence-electron chi connectivity index (χ4n) is 3.31. The van der Waals surface area contributed by atoms with Gasteiger partial charge in [0.15, 0.2) is 0 Å². The second-order valence-electron chi connectivity index (χ2n) is 7.13. The molecule has 5 nitrogen and oxygen atoms in total. The molecule has 26 heavy (non-hydrogen) atoms. The summed E-state index contributed by atoms with van der Waals surface area (Å²) in [6.45, 7) is 6.28. The zero-order chi connectivity index (χ0) is 19.2. The average molecular weight is 382 g/mol. The third-order valence-corrected chi connectivity index (χ3v) is 6.37. The van der Waals surface area contributed by atoms with E-state index in [1.54, 1.807) is 19.1 Å². The van der Waals surface area contributed by atoms with Gasteiger partial charge in [0.25, 0.3) is 0 Å². The predicted octanol–water partition coefficient (Wildman–Crippen LogP) is 4.12. The molecule has 0 N–H and O–H groups in total. The van der Waals surface area contributed by atoms with Crippen molar-refractivity contribution in [3.8, 4) is 5.75 Å². The standard InChI is InChI=1S/C20H31NO4S/c1-4-16(3)21(20(22)18-9-7-6-8-10-18)15-17-11-13-19(14-12-17)25-26(23,24)5-2/h11-14,16,18H,4-10,15H2,1-3H3/t16-/m1/s1. The van der Waals surface area contributed by atoms with Crippen LogP contribution in [0.5, 0.6) is 5.75 Å². The summed E-state index contributed by atoms with van der Waals surface area (Å²) in [5.74, 6) is 0.652. The molecule has 1 aromatic carbocycles. The monoisotopic (exact) mass is 381 g/mol. The van der Waals surface area contributed by atoms with Gasteiger partial charge in [-0.2, -0.15) is 8.42 Å². The van der Waals surface area contributed by atoms with Gasteiger partial charge >= 0.3 is 10.1 Å². The minimum absolute atomic E-state index is 0.0631. The molecule has 0 aliphatic heterocycles. The predicted molar refractivity (Wildman–Crippen MR) is 103 cm³/mol. The molecule has 1 aliphatic rings. The maximum Gasteiger partial charge on any atom is 0.308 e. The van der Waals surface area contributed by atoms with Crippen molar-refractivity contribution in [3.63, 3.8) is 0 Å². The van der Waals surface area contributed by atoms with Crippen LogP contribution in [0.4, 0.5) is 0 Å². The van der Waals surface area contributed by atoms with E-state index in [1.807, 2.05) is 17.0 Å². The summed E-state index contributed by atoms with van der Waals surface area (Å²) in [7, 11) is -3.52. The van der Waals surface area contributed by atoms with E-state index < -0.39 is 10.1 Å². The maximum atomic E-state index is 13.0. The van der Waals surface area contributed by atoms with Crippen molar-refractivity contribution in [2.24, 2.45) is 5.92 Å². The number of benzene rings is 1. The van der Waals surface area contributed by atoms with E-state index in [4.69, 9.17) is 4.18 Å². The van der Waals surface area contributed by atoms with E-state index in [0.29, 0.717) is 12.3 Å². The summed E-state index contributed by atoms with van der Waals surface area (Å²) in [6.07, 6.45) is 6.41. The number of rotatable bonds is 8. The van der Waals surface area contributed by atoms with Crippen molar-refractivity contribution in [2.45, 2.75) is 71.9 Å². The highest BCUT2D eigenvalue weighted by Crippen LogP contribution is 2.27. The normalized spacial score (nSPS) is 16.9. The molecule has 1 aromatic rings. The van der Waals surface area contributed by atoms with E-state index in [2.05, 4.69) is 13.8 Å². The van der Waals surface area contributed by atoms with E-state index in [-0.39, 0.29) is 23.6 Å². The summed E-state index contributed by atoms with van der Waals surface area (Å²) < 4.78 is 28.1. The van der Waals surface area contributed by atoms with E-state index in [0.717, 1.165) is 37.7 Å². The van der Waals surface area contributed by atoms with Crippen LogP contribution in [0.3, 0.4) is 0 Å². The molecule has 0 bridgehead atoms. The number of carbonyl (C=O) groups excluding carboxylic acids is 1. The summed E-state index contributed by atoms with van der Waals surface area (Å²) in [4.78, 5) is 15.0. The van der Waals surface area contributed by atoms with Gasteiger partial charge in [-0.05, 0) is 50.8 Å². The smallest absolute Gasteiger partial charge is 0.308 e. The van der Waals surface area contributed by atoms with Crippen LogP contribution in [0.2, 0.25) is 0 Å². The van der Waals surface area contributed by atoms with E-state index in [1.165, 1.54) is 6.42 Å². The molecule has 0 radical (unpaired) electrons. The minimum Gasteiger partial charge on any atom is -0.382 e.